The highest BCUT2D eigenvalue weighted by atomic mass is 16.5. The normalized spacial score (nSPS) is 32.8. The molecule has 4 N–H and O–H groups in total. The minimum atomic E-state index is -0.889. The van der Waals surface area contributed by atoms with E-state index in [0.29, 0.717) is 6.61 Å². The molecule has 0 fully saturated rings. The van der Waals surface area contributed by atoms with E-state index in [0.717, 1.165) is 23.3 Å². The van der Waals surface area contributed by atoms with Crippen molar-refractivity contribution < 1.29 is 4.74 Å². The van der Waals surface area contributed by atoms with Crippen molar-refractivity contribution in [1.82, 2.24) is 0 Å². The quantitative estimate of drug-likeness (QED) is 0.786. The molecule has 1 aromatic rings. The minimum absolute atomic E-state index is 0.0288. The van der Waals surface area contributed by atoms with Gasteiger partial charge in [0.15, 0.2) is 5.66 Å². The van der Waals surface area contributed by atoms with Crippen LogP contribution >= 0.6 is 0 Å². The van der Waals surface area contributed by atoms with E-state index < -0.39 is 11.8 Å². The van der Waals surface area contributed by atoms with Gasteiger partial charge in [-0.3, -0.25) is 9.98 Å². The van der Waals surface area contributed by atoms with Crippen molar-refractivity contribution in [2.24, 2.45) is 21.5 Å². The molecule has 0 bridgehead atoms. The van der Waals surface area contributed by atoms with Crippen molar-refractivity contribution in [2.45, 2.75) is 31.1 Å². The van der Waals surface area contributed by atoms with E-state index in [1.165, 1.54) is 0 Å². The van der Waals surface area contributed by atoms with Crippen molar-refractivity contribution in [3.8, 4) is 5.75 Å². The van der Waals surface area contributed by atoms with Crippen molar-refractivity contribution >= 4 is 12.4 Å². The van der Waals surface area contributed by atoms with Crippen LogP contribution in [-0.2, 0) is 0 Å². The Labute approximate surface area is 112 Å². The standard InChI is InChI=1S/C14H18N4O/c1-9-3-2-4-11-12(9)10(5-8-19-11)14(16)13(15)17-6-7-18-14/h2-4,6-7,10,13H,5,8,15-16H2,1H3. The number of benzene rings is 1. The molecule has 0 aromatic heterocycles. The molecule has 3 rings (SSSR count). The molecule has 5 heteroatoms. The van der Waals surface area contributed by atoms with Crippen LogP contribution in [0.2, 0.25) is 0 Å². The van der Waals surface area contributed by atoms with E-state index in [1.54, 1.807) is 12.4 Å². The van der Waals surface area contributed by atoms with E-state index in [2.05, 4.69) is 23.0 Å². The molecule has 19 heavy (non-hydrogen) atoms. The summed E-state index contributed by atoms with van der Waals surface area (Å²) in [7, 11) is 0. The molecule has 0 saturated heterocycles. The van der Waals surface area contributed by atoms with Crippen LogP contribution in [0, 0.1) is 6.92 Å². The van der Waals surface area contributed by atoms with Gasteiger partial charge in [-0.25, -0.2) is 0 Å². The summed E-state index contributed by atoms with van der Waals surface area (Å²) in [5.41, 5.74) is 13.9. The van der Waals surface area contributed by atoms with Crippen molar-refractivity contribution in [3.63, 3.8) is 0 Å². The maximum atomic E-state index is 6.47. The third-order valence-electron chi connectivity index (χ3n) is 3.94. The van der Waals surface area contributed by atoms with Gasteiger partial charge >= 0.3 is 0 Å². The molecule has 2 aliphatic heterocycles. The monoisotopic (exact) mass is 258 g/mol. The highest BCUT2D eigenvalue weighted by Crippen LogP contribution is 2.43. The van der Waals surface area contributed by atoms with Gasteiger partial charge < -0.3 is 16.2 Å². The minimum Gasteiger partial charge on any atom is -0.493 e. The Morgan fingerprint density at radius 1 is 1.37 bits per heavy atom. The second-order valence-corrected chi connectivity index (χ2v) is 5.08. The van der Waals surface area contributed by atoms with Crippen LogP contribution in [0.5, 0.6) is 5.75 Å². The van der Waals surface area contributed by atoms with Crippen LogP contribution in [-0.4, -0.2) is 30.9 Å². The number of nitrogens with zero attached hydrogens (tertiary/aromatic N) is 2. The molecule has 2 heterocycles. The van der Waals surface area contributed by atoms with E-state index in [1.807, 2.05) is 12.1 Å². The Kier molecular flexibility index (Phi) is 2.88. The number of hydrogen-bond acceptors (Lipinski definition) is 5. The molecule has 100 valence electrons. The van der Waals surface area contributed by atoms with Crippen LogP contribution in [0.25, 0.3) is 0 Å². The number of aliphatic imine (C=N–C) groups is 2. The molecule has 0 spiro atoms. The Morgan fingerprint density at radius 2 is 2.21 bits per heavy atom. The highest BCUT2D eigenvalue weighted by molar-refractivity contribution is 6.16. The zero-order valence-electron chi connectivity index (χ0n) is 10.9. The smallest absolute Gasteiger partial charge is 0.150 e. The lowest BCUT2D eigenvalue weighted by atomic mass is 9.79. The fraction of sp³-hybridized carbons (Fsp3) is 0.429. The zero-order valence-corrected chi connectivity index (χ0v) is 10.9. The molecule has 0 aliphatic carbocycles. The maximum Gasteiger partial charge on any atom is 0.150 e. The summed E-state index contributed by atoms with van der Waals surface area (Å²) in [6.45, 7) is 2.69. The first-order valence-electron chi connectivity index (χ1n) is 6.46. The Bertz CT molecular complexity index is 554. The molecular formula is C14H18N4O. The zero-order chi connectivity index (χ0) is 13.5. The van der Waals surface area contributed by atoms with Crippen LogP contribution in [0.1, 0.15) is 23.5 Å². The van der Waals surface area contributed by atoms with Crippen molar-refractivity contribution in [1.29, 1.82) is 0 Å². The van der Waals surface area contributed by atoms with Crippen LogP contribution in [0.15, 0.2) is 28.2 Å². The molecule has 2 aliphatic rings. The molecular weight excluding hydrogens is 240 g/mol. The first-order chi connectivity index (χ1) is 9.13. The summed E-state index contributed by atoms with van der Waals surface area (Å²) in [5, 5.41) is 0. The summed E-state index contributed by atoms with van der Waals surface area (Å²) in [4.78, 5) is 8.63. The number of rotatable bonds is 1. The SMILES string of the molecule is Cc1cccc2c1C(C1(N)N=CC=NC1N)CCO2. The molecule has 1 aromatic carbocycles. The van der Waals surface area contributed by atoms with Crippen LogP contribution in [0.3, 0.4) is 0 Å². The third kappa shape index (κ3) is 1.86. The van der Waals surface area contributed by atoms with Gasteiger partial charge in [-0.05, 0) is 25.0 Å². The summed E-state index contributed by atoms with van der Waals surface area (Å²) >= 11 is 0. The Morgan fingerprint density at radius 3 is 3.00 bits per heavy atom. The first kappa shape index (κ1) is 12.3. The summed E-state index contributed by atoms with van der Waals surface area (Å²) in [6, 6.07) is 6.02. The molecule has 0 amide bonds. The predicted molar refractivity (Wildman–Crippen MR) is 75.9 cm³/mol. The van der Waals surface area contributed by atoms with E-state index in [-0.39, 0.29) is 5.92 Å². The molecule has 3 atom stereocenters. The van der Waals surface area contributed by atoms with E-state index in [4.69, 9.17) is 16.2 Å². The van der Waals surface area contributed by atoms with Crippen LogP contribution in [0.4, 0.5) is 0 Å². The lowest BCUT2D eigenvalue weighted by Gasteiger charge is -2.41. The molecule has 3 unspecified atom stereocenters. The van der Waals surface area contributed by atoms with Crippen molar-refractivity contribution in [3.05, 3.63) is 29.3 Å². The summed E-state index contributed by atoms with van der Waals surface area (Å²) in [6.07, 6.45) is 3.52. The topological polar surface area (TPSA) is 86.0 Å². The van der Waals surface area contributed by atoms with Gasteiger partial charge in [-0.1, -0.05) is 12.1 Å². The van der Waals surface area contributed by atoms with E-state index >= 15 is 0 Å². The van der Waals surface area contributed by atoms with Gasteiger partial charge in [-0.2, -0.15) is 0 Å². The van der Waals surface area contributed by atoms with Crippen molar-refractivity contribution in [2.75, 3.05) is 6.61 Å². The average Bonchev–Trinajstić information content (AvgIpc) is 2.42. The molecule has 5 nitrogen and oxygen atoms in total. The lowest BCUT2D eigenvalue weighted by Crippen LogP contribution is -2.59. The van der Waals surface area contributed by atoms with Gasteiger partial charge in [-0.15, -0.1) is 0 Å². The number of ether oxygens (including phenoxy) is 1. The first-order valence-corrected chi connectivity index (χ1v) is 6.46. The summed E-state index contributed by atoms with van der Waals surface area (Å²) < 4.78 is 5.72. The molecule has 0 radical (unpaired) electrons. The Hall–Kier alpha value is -1.72. The van der Waals surface area contributed by atoms with Gasteiger partial charge in [0.05, 0.1) is 6.61 Å². The highest BCUT2D eigenvalue weighted by Gasteiger charge is 2.44. The van der Waals surface area contributed by atoms with E-state index in [9.17, 15) is 0 Å². The number of nitrogens with two attached hydrogens (primary N) is 2. The second kappa shape index (κ2) is 4.43. The van der Waals surface area contributed by atoms with Gasteiger partial charge in [0.25, 0.3) is 0 Å². The van der Waals surface area contributed by atoms with Gasteiger partial charge in [0.2, 0.25) is 0 Å². The predicted octanol–water partition coefficient (Wildman–Crippen LogP) is 0.956. The van der Waals surface area contributed by atoms with Gasteiger partial charge in [0, 0.05) is 23.9 Å². The second-order valence-electron chi connectivity index (χ2n) is 5.08. The largest absolute Gasteiger partial charge is 0.493 e. The third-order valence-corrected chi connectivity index (χ3v) is 3.94. The maximum absolute atomic E-state index is 6.47. The van der Waals surface area contributed by atoms with Crippen LogP contribution < -0.4 is 16.2 Å². The number of hydrogen-bond donors (Lipinski definition) is 2. The fourth-order valence-corrected chi connectivity index (χ4v) is 2.91. The average molecular weight is 258 g/mol. The number of aryl methyl sites for hydroxylation is 1. The fourth-order valence-electron chi connectivity index (χ4n) is 2.91. The summed E-state index contributed by atoms with van der Waals surface area (Å²) in [5.74, 6) is 0.916. The molecule has 0 saturated carbocycles. The Balaban J connectivity index is 2.09. The lowest BCUT2D eigenvalue weighted by molar-refractivity contribution is 0.203. The van der Waals surface area contributed by atoms with Gasteiger partial charge in [0.1, 0.15) is 11.9 Å². The number of fused-ring (bicyclic) bond motifs is 1.